The minimum absolute atomic E-state index is 0.0301. The van der Waals surface area contributed by atoms with Crippen LogP contribution in [0.2, 0.25) is 0 Å². The molecule has 0 bridgehead atoms. The molecule has 0 aliphatic carbocycles. The zero-order valence-electron chi connectivity index (χ0n) is 11.3. The van der Waals surface area contributed by atoms with Gasteiger partial charge in [0.2, 0.25) is 5.91 Å². The summed E-state index contributed by atoms with van der Waals surface area (Å²) < 4.78 is 0. The SMILES string of the molecule is CCC(C(N)=O)N(CCC(=O)O)c1ccc(C)cc1. The van der Waals surface area contributed by atoms with E-state index in [0.29, 0.717) is 6.42 Å². The summed E-state index contributed by atoms with van der Waals surface area (Å²) >= 11 is 0. The predicted molar refractivity (Wildman–Crippen MR) is 74.1 cm³/mol. The minimum atomic E-state index is -0.892. The fourth-order valence-corrected chi connectivity index (χ4v) is 1.99. The average Bonchev–Trinajstić information content (AvgIpc) is 2.35. The molecule has 3 N–H and O–H groups in total. The number of nitrogens with zero attached hydrogens (tertiary/aromatic N) is 1. The molecule has 5 nitrogen and oxygen atoms in total. The van der Waals surface area contributed by atoms with E-state index < -0.39 is 17.9 Å². The van der Waals surface area contributed by atoms with Crippen molar-refractivity contribution in [3.8, 4) is 0 Å². The number of aryl methyl sites for hydroxylation is 1. The smallest absolute Gasteiger partial charge is 0.305 e. The van der Waals surface area contributed by atoms with E-state index in [9.17, 15) is 9.59 Å². The van der Waals surface area contributed by atoms with Gasteiger partial charge in [0.25, 0.3) is 0 Å². The number of aliphatic carboxylic acids is 1. The third kappa shape index (κ3) is 4.28. The predicted octanol–water partition coefficient (Wildman–Crippen LogP) is 1.54. The zero-order chi connectivity index (χ0) is 14.4. The molecule has 1 atom stereocenters. The van der Waals surface area contributed by atoms with E-state index >= 15 is 0 Å². The van der Waals surface area contributed by atoms with Crippen LogP contribution in [0, 0.1) is 6.92 Å². The molecule has 1 aromatic rings. The number of carboxylic acids is 1. The number of nitrogens with two attached hydrogens (primary N) is 1. The lowest BCUT2D eigenvalue weighted by Gasteiger charge is -2.30. The number of rotatable bonds is 7. The molecule has 0 fully saturated rings. The Hall–Kier alpha value is -2.04. The van der Waals surface area contributed by atoms with Crippen molar-refractivity contribution in [3.05, 3.63) is 29.8 Å². The molecule has 1 rings (SSSR count). The summed E-state index contributed by atoms with van der Waals surface area (Å²) in [6, 6.07) is 7.13. The lowest BCUT2D eigenvalue weighted by Crippen LogP contribution is -2.45. The summed E-state index contributed by atoms with van der Waals surface area (Å²) in [5.74, 6) is -1.33. The Kier molecular flexibility index (Phi) is 5.36. The molecule has 0 aromatic heterocycles. The molecule has 0 aliphatic heterocycles. The Balaban J connectivity index is 2.99. The standard InChI is InChI=1S/C14H20N2O3/c1-3-12(14(15)19)16(9-8-13(17)18)11-6-4-10(2)5-7-11/h4-7,12H,3,8-9H2,1-2H3,(H2,15,19)(H,17,18). The van der Waals surface area contributed by atoms with Gasteiger partial charge in [-0.2, -0.15) is 0 Å². The van der Waals surface area contributed by atoms with E-state index in [4.69, 9.17) is 10.8 Å². The Bertz CT molecular complexity index is 443. The summed E-state index contributed by atoms with van der Waals surface area (Å²) in [6.07, 6.45) is 0.514. The van der Waals surface area contributed by atoms with Crippen LogP contribution in [0.3, 0.4) is 0 Å². The van der Waals surface area contributed by atoms with Gasteiger partial charge in [-0.05, 0) is 25.5 Å². The number of benzene rings is 1. The lowest BCUT2D eigenvalue weighted by atomic mass is 10.1. The second-order valence-electron chi connectivity index (χ2n) is 4.50. The van der Waals surface area contributed by atoms with Gasteiger partial charge in [0.05, 0.1) is 6.42 Å². The summed E-state index contributed by atoms with van der Waals surface area (Å²) in [7, 11) is 0. The quantitative estimate of drug-likeness (QED) is 0.782. The van der Waals surface area contributed by atoms with Crippen molar-refractivity contribution >= 4 is 17.6 Å². The fraction of sp³-hybridized carbons (Fsp3) is 0.429. The van der Waals surface area contributed by atoms with Crippen molar-refractivity contribution < 1.29 is 14.7 Å². The summed E-state index contributed by atoms with van der Waals surface area (Å²) in [4.78, 5) is 24.0. The molecular weight excluding hydrogens is 244 g/mol. The van der Waals surface area contributed by atoms with Crippen LogP contribution < -0.4 is 10.6 Å². The molecule has 0 spiro atoms. The van der Waals surface area contributed by atoms with Crippen LogP contribution in [0.25, 0.3) is 0 Å². The van der Waals surface area contributed by atoms with E-state index in [-0.39, 0.29) is 13.0 Å². The van der Waals surface area contributed by atoms with Crippen molar-refractivity contribution in [2.24, 2.45) is 5.73 Å². The number of carbonyl (C=O) groups excluding carboxylic acids is 1. The van der Waals surface area contributed by atoms with Gasteiger partial charge in [0, 0.05) is 12.2 Å². The normalized spacial score (nSPS) is 11.9. The van der Waals surface area contributed by atoms with E-state index in [1.165, 1.54) is 0 Å². The van der Waals surface area contributed by atoms with Crippen LogP contribution >= 0.6 is 0 Å². The van der Waals surface area contributed by atoms with Gasteiger partial charge in [-0.25, -0.2) is 0 Å². The number of anilines is 1. The van der Waals surface area contributed by atoms with E-state index in [0.717, 1.165) is 11.3 Å². The molecule has 19 heavy (non-hydrogen) atoms. The van der Waals surface area contributed by atoms with Crippen molar-refractivity contribution in [2.45, 2.75) is 32.7 Å². The summed E-state index contributed by atoms with van der Waals surface area (Å²) in [5, 5.41) is 8.80. The molecule has 0 aliphatic rings. The first kappa shape index (κ1) is 15.0. The number of hydrogen-bond acceptors (Lipinski definition) is 3. The molecule has 104 valence electrons. The molecular formula is C14H20N2O3. The number of primary amides is 1. The van der Waals surface area contributed by atoms with Crippen molar-refractivity contribution in [1.29, 1.82) is 0 Å². The highest BCUT2D eigenvalue weighted by Crippen LogP contribution is 2.19. The van der Waals surface area contributed by atoms with Crippen LogP contribution in [0.15, 0.2) is 24.3 Å². The molecule has 1 unspecified atom stereocenters. The highest BCUT2D eigenvalue weighted by atomic mass is 16.4. The second-order valence-corrected chi connectivity index (χ2v) is 4.50. The van der Waals surface area contributed by atoms with Gasteiger partial charge < -0.3 is 15.7 Å². The maximum atomic E-state index is 11.5. The molecule has 1 amide bonds. The van der Waals surface area contributed by atoms with Crippen LogP contribution in [0.5, 0.6) is 0 Å². The van der Waals surface area contributed by atoms with Crippen molar-refractivity contribution in [1.82, 2.24) is 0 Å². The van der Waals surface area contributed by atoms with Gasteiger partial charge in [0.1, 0.15) is 6.04 Å². The number of carbonyl (C=O) groups is 2. The van der Waals surface area contributed by atoms with Crippen LogP contribution in [0.4, 0.5) is 5.69 Å². The summed E-state index contributed by atoms with van der Waals surface area (Å²) in [5.41, 5.74) is 7.32. The Labute approximate surface area is 113 Å². The highest BCUT2D eigenvalue weighted by molar-refractivity contribution is 5.84. The topological polar surface area (TPSA) is 83.6 Å². The van der Waals surface area contributed by atoms with Gasteiger partial charge in [-0.15, -0.1) is 0 Å². The summed E-state index contributed by atoms with van der Waals surface area (Å²) in [6.45, 7) is 4.09. The highest BCUT2D eigenvalue weighted by Gasteiger charge is 2.22. The zero-order valence-corrected chi connectivity index (χ0v) is 11.3. The second kappa shape index (κ2) is 6.78. The fourth-order valence-electron chi connectivity index (χ4n) is 1.99. The molecule has 0 heterocycles. The monoisotopic (exact) mass is 264 g/mol. The van der Waals surface area contributed by atoms with E-state index in [2.05, 4.69) is 0 Å². The molecule has 5 heteroatoms. The van der Waals surface area contributed by atoms with Crippen molar-refractivity contribution in [3.63, 3.8) is 0 Å². The first-order valence-electron chi connectivity index (χ1n) is 6.30. The van der Waals surface area contributed by atoms with Crippen LogP contribution in [-0.2, 0) is 9.59 Å². The Morgan fingerprint density at radius 3 is 2.32 bits per heavy atom. The van der Waals surface area contributed by atoms with Gasteiger partial charge >= 0.3 is 5.97 Å². The van der Waals surface area contributed by atoms with Gasteiger partial charge in [0.15, 0.2) is 0 Å². The minimum Gasteiger partial charge on any atom is -0.481 e. The van der Waals surface area contributed by atoms with Crippen molar-refractivity contribution in [2.75, 3.05) is 11.4 Å². The average molecular weight is 264 g/mol. The van der Waals surface area contributed by atoms with Gasteiger partial charge in [-0.3, -0.25) is 9.59 Å². The maximum absolute atomic E-state index is 11.5. The third-order valence-electron chi connectivity index (χ3n) is 3.02. The molecule has 1 aromatic carbocycles. The first-order chi connectivity index (χ1) is 8.95. The Morgan fingerprint density at radius 2 is 1.89 bits per heavy atom. The largest absolute Gasteiger partial charge is 0.481 e. The lowest BCUT2D eigenvalue weighted by molar-refractivity contribution is -0.137. The first-order valence-corrected chi connectivity index (χ1v) is 6.30. The van der Waals surface area contributed by atoms with Crippen LogP contribution in [-0.4, -0.2) is 29.6 Å². The molecule has 0 radical (unpaired) electrons. The maximum Gasteiger partial charge on any atom is 0.305 e. The Morgan fingerprint density at radius 1 is 1.32 bits per heavy atom. The van der Waals surface area contributed by atoms with Crippen LogP contribution in [0.1, 0.15) is 25.3 Å². The molecule has 0 saturated carbocycles. The number of carboxylic acid groups (broad SMARTS) is 1. The third-order valence-corrected chi connectivity index (χ3v) is 3.02. The van der Waals surface area contributed by atoms with E-state index in [1.54, 1.807) is 4.90 Å². The van der Waals surface area contributed by atoms with Gasteiger partial charge in [-0.1, -0.05) is 24.6 Å². The number of hydrogen-bond donors (Lipinski definition) is 2. The van der Waals surface area contributed by atoms with E-state index in [1.807, 2.05) is 38.1 Å². The number of amides is 1. The molecule has 0 saturated heterocycles.